The highest BCUT2D eigenvalue weighted by Crippen LogP contribution is 2.16. The Morgan fingerprint density at radius 1 is 1.29 bits per heavy atom. The van der Waals surface area contributed by atoms with Crippen LogP contribution in [0.2, 0.25) is 0 Å². The smallest absolute Gasteiger partial charge is 0.252 e. The maximum absolute atomic E-state index is 11.0. The van der Waals surface area contributed by atoms with Crippen LogP contribution in [0.3, 0.4) is 0 Å². The Kier molecular flexibility index (Phi) is 4.21. The molecular formula is C12H13N3OS. The minimum atomic E-state index is -0.141. The van der Waals surface area contributed by atoms with E-state index >= 15 is 0 Å². The second kappa shape index (κ2) is 6.10. The highest BCUT2D eigenvalue weighted by molar-refractivity contribution is 7.99. The highest BCUT2D eigenvalue weighted by atomic mass is 32.2. The van der Waals surface area contributed by atoms with Gasteiger partial charge in [0.05, 0.1) is 6.33 Å². The third-order valence-electron chi connectivity index (χ3n) is 2.10. The van der Waals surface area contributed by atoms with Crippen LogP contribution in [-0.4, -0.2) is 22.3 Å². The van der Waals surface area contributed by atoms with E-state index in [9.17, 15) is 4.79 Å². The molecule has 1 heterocycles. The van der Waals surface area contributed by atoms with Crippen molar-refractivity contribution in [1.82, 2.24) is 9.97 Å². The summed E-state index contributed by atoms with van der Waals surface area (Å²) in [5, 5.41) is 3.10. The van der Waals surface area contributed by atoms with Crippen molar-refractivity contribution in [2.75, 3.05) is 17.6 Å². The summed E-state index contributed by atoms with van der Waals surface area (Å²) in [6.45, 7) is 0.774. The molecule has 4 nitrogen and oxygen atoms in total. The molecule has 0 amide bonds. The molecule has 2 aromatic rings. The maximum Gasteiger partial charge on any atom is 0.252 e. The third-order valence-corrected chi connectivity index (χ3v) is 3.11. The molecule has 0 aliphatic carbocycles. The molecule has 1 aromatic carbocycles. The van der Waals surface area contributed by atoms with Gasteiger partial charge in [0.25, 0.3) is 5.56 Å². The summed E-state index contributed by atoms with van der Waals surface area (Å²) in [6.07, 6.45) is 1.40. The van der Waals surface area contributed by atoms with Gasteiger partial charge in [0, 0.05) is 23.3 Å². The molecule has 0 radical (unpaired) electrons. The number of thioether (sulfide) groups is 1. The monoisotopic (exact) mass is 247 g/mol. The van der Waals surface area contributed by atoms with E-state index in [1.807, 2.05) is 18.2 Å². The molecule has 1 aromatic heterocycles. The van der Waals surface area contributed by atoms with Crippen LogP contribution in [0.5, 0.6) is 0 Å². The van der Waals surface area contributed by atoms with Crippen LogP contribution >= 0.6 is 11.8 Å². The molecule has 5 heteroatoms. The number of aromatic amines is 1. The van der Waals surface area contributed by atoms with E-state index in [1.54, 1.807) is 11.8 Å². The van der Waals surface area contributed by atoms with Crippen LogP contribution in [0.1, 0.15) is 0 Å². The first kappa shape index (κ1) is 11.7. The largest absolute Gasteiger partial charge is 0.369 e. The van der Waals surface area contributed by atoms with Gasteiger partial charge in [-0.25, -0.2) is 4.98 Å². The molecule has 2 N–H and O–H groups in total. The number of nitrogens with one attached hydrogen (secondary N) is 2. The number of benzene rings is 1. The normalized spacial score (nSPS) is 10.1. The zero-order chi connectivity index (χ0) is 11.9. The summed E-state index contributed by atoms with van der Waals surface area (Å²) in [7, 11) is 0. The molecule has 0 aliphatic heterocycles. The minimum Gasteiger partial charge on any atom is -0.369 e. The van der Waals surface area contributed by atoms with Crippen LogP contribution in [0.15, 0.2) is 52.4 Å². The van der Waals surface area contributed by atoms with Crippen molar-refractivity contribution in [3.05, 3.63) is 53.1 Å². The Morgan fingerprint density at radius 3 is 2.88 bits per heavy atom. The van der Waals surface area contributed by atoms with Crippen molar-refractivity contribution in [3.8, 4) is 0 Å². The summed E-state index contributed by atoms with van der Waals surface area (Å²) in [4.78, 5) is 18.7. The van der Waals surface area contributed by atoms with Crippen molar-refractivity contribution < 1.29 is 0 Å². The minimum absolute atomic E-state index is 0.141. The number of anilines is 1. The van der Waals surface area contributed by atoms with Crippen molar-refractivity contribution in [2.45, 2.75) is 4.90 Å². The standard InChI is InChI=1S/C12H13N3OS/c16-12-8-11(14-9-15-12)13-6-7-17-10-4-2-1-3-5-10/h1-5,8-9H,6-7H2,(H2,13,14,15,16). The van der Waals surface area contributed by atoms with Gasteiger partial charge in [-0.3, -0.25) is 4.79 Å². The number of hydrogen-bond acceptors (Lipinski definition) is 4. The van der Waals surface area contributed by atoms with Crippen molar-refractivity contribution in [1.29, 1.82) is 0 Å². The number of H-pyrrole nitrogens is 1. The second-order valence-corrected chi connectivity index (χ2v) is 4.55. The summed E-state index contributed by atoms with van der Waals surface area (Å²) in [6, 6.07) is 11.7. The molecular weight excluding hydrogens is 234 g/mol. The Hall–Kier alpha value is -1.75. The molecule has 0 aliphatic rings. The Morgan fingerprint density at radius 2 is 2.12 bits per heavy atom. The summed E-state index contributed by atoms with van der Waals surface area (Å²) in [5.74, 6) is 1.54. The Balaban J connectivity index is 1.75. The van der Waals surface area contributed by atoms with Gasteiger partial charge in [-0.05, 0) is 12.1 Å². The SMILES string of the molecule is O=c1cc(NCCSc2ccccc2)nc[nH]1. The van der Waals surface area contributed by atoms with Gasteiger partial charge < -0.3 is 10.3 Å². The lowest BCUT2D eigenvalue weighted by atomic mass is 10.4. The summed E-state index contributed by atoms with van der Waals surface area (Å²) < 4.78 is 0. The van der Waals surface area contributed by atoms with E-state index < -0.39 is 0 Å². The predicted octanol–water partition coefficient (Wildman–Crippen LogP) is 1.97. The van der Waals surface area contributed by atoms with E-state index in [-0.39, 0.29) is 5.56 Å². The molecule has 0 saturated heterocycles. The fourth-order valence-electron chi connectivity index (χ4n) is 1.33. The van der Waals surface area contributed by atoms with Gasteiger partial charge in [0.1, 0.15) is 5.82 Å². The Bertz CT molecular complexity index is 512. The molecule has 0 bridgehead atoms. The van der Waals surface area contributed by atoms with Crippen LogP contribution in [-0.2, 0) is 0 Å². The van der Waals surface area contributed by atoms with Gasteiger partial charge in [-0.1, -0.05) is 18.2 Å². The van der Waals surface area contributed by atoms with Crippen molar-refractivity contribution in [3.63, 3.8) is 0 Å². The number of hydrogen-bond donors (Lipinski definition) is 2. The van der Waals surface area contributed by atoms with Crippen LogP contribution < -0.4 is 10.9 Å². The quantitative estimate of drug-likeness (QED) is 0.626. The lowest BCUT2D eigenvalue weighted by Gasteiger charge is -2.04. The number of aromatic nitrogens is 2. The topological polar surface area (TPSA) is 57.8 Å². The second-order valence-electron chi connectivity index (χ2n) is 3.38. The summed E-state index contributed by atoms with van der Waals surface area (Å²) >= 11 is 1.77. The van der Waals surface area contributed by atoms with Gasteiger partial charge in [-0.15, -0.1) is 11.8 Å². The molecule has 0 spiro atoms. The molecule has 0 fully saturated rings. The number of rotatable bonds is 5. The fraction of sp³-hybridized carbons (Fsp3) is 0.167. The zero-order valence-corrected chi connectivity index (χ0v) is 10.0. The lowest BCUT2D eigenvalue weighted by Crippen LogP contribution is -2.10. The van der Waals surface area contributed by atoms with Crippen LogP contribution in [0, 0.1) is 0 Å². The average Bonchev–Trinajstić information content (AvgIpc) is 2.36. The lowest BCUT2D eigenvalue weighted by molar-refractivity contribution is 1.08. The first-order valence-corrected chi connectivity index (χ1v) is 6.29. The van der Waals surface area contributed by atoms with Gasteiger partial charge >= 0.3 is 0 Å². The van der Waals surface area contributed by atoms with Gasteiger partial charge in [0.2, 0.25) is 0 Å². The zero-order valence-electron chi connectivity index (χ0n) is 9.22. The van der Waals surface area contributed by atoms with Crippen LogP contribution in [0.4, 0.5) is 5.82 Å². The molecule has 88 valence electrons. The van der Waals surface area contributed by atoms with Gasteiger partial charge in [-0.2, -0.15) is 0 Å². The first-order chi connectivity index (χ1) is 8.34. The molecule has 0 saturated carbocycles. The van der Waals surface area contributed by atoms with Crippen molar-refractivity contribution in [2.24, 2.45) is 0 Å². The first-order valence-electron chi connectivity index (χ1n) is 5.31. The fourth-order valence-corrected chi connectivity index (χ4v) is 2.12. The van der Waals surface area contributed by atoms with E-state index in [2.05, 4.69) is 27.4 Å². The van der Waals surface area contributed by atoms with Crippen molar-refractivity contribution >= 4 is 17.6 Å². The predicted molar refractivity (Wildman–Crippen MR) is 70.5 cm³/mol. The average molecular weight is 247 g/mol. The van der Waals surface area contributed by atoms with E-state index in [0.29, 0.717) is 5.82 Å². The molecule has 0 unspecified atom stereocenters. The third kappa shape index (κ3) is 3.96. The summed E-state index contributed by atoms with van der Waals surface area (Å²) in [5.41, 5.74) is -0.141. The van der Waals surface area contributed by atoms with Gasteiger partial charge in [0.15, 0.2) is 0 Å². The highest BCUT2D eigenvalue weighted by Gasteiger charge is 1.95. The van der Waals surface area contributed by atoms with E-state index in [0.717, 1.165) is 12.3 Å². The van der Waals surface area contributed by atoms with E-state index in [4.69, 9.17) is 0 Å². The maximum atomic E-state index is 11.0. The number of nitrogens with zero attached hydrogens (tertiary/aromatic N) is 1. The molecule has 17 heavy (non-hydrogen) atoms. The molecule has 0 atom stereocenters. The van der Waals surface area contributed by atoms with E-state index in [1.165, 1.54) is 17.3 Å². The Labute approximate surface area is 103 Å². The van der Waals surface area contributed by atoms with Crippen LogP contribution in [0.25, 0.3) is 0 Å². The molecule has 2 rings (SSSR count).